The van der Waals surface area contributed by atoms with Gasteiger partial charge in [-0.1, -0.05) is 12.1 Å². The number of hydrogen-bond donors (Lipinski definition) is 0. The molecule has 2 aromatic carbocycles. The van der Waals surface area contributed by atoms with Gasteiger partial charge in [-0.3, -0.25) is 9.78 Å². The largest absolute Gasteiger partial charge is 0.494 e. The highest BCUT2D eigenvalue weighted by Gasteiger charge is 2.26. The van der Waals surface area contributed by atoms with Gasteiger partial charge in [0.25, 0.3) is 0 Å². The van der Waals surface area contributed by atoms with E-state index in [-0.39, 0.29) is 13.0 Å². The minimum Gasteiger partial charge on any atom is -0.494 e. The maximum absolute atomic E-state index is 12.1. The predicted molar refractivity (Wildman–Crippen MR) is 110 cm³/mol. The summed E-state index contributed by atoms with van der Waals surface area (Å²) in [6.07, 6.45) is -2.17. The summed E-state index contributed by atoms with van der Waals surface area (Å²) in [6.45, 7) is 5.36. The van der Waals surface area contributed by atoms with Gasteiger partial charge in [-0.15, -0.1) is 0 Å². The van der Waals surface area contributed by atoms with Crippen LogP contribution < -0.4 is 14.5 Å². The molecule has 0 aliphatic rings. The minimum absolute atomic E-state index is 0.0229. The molecular formula is C23H25F3O5. The Morgan fingerprint density at radius 3 is 1.90 bits per heavy atom. The zero-order valence-corrected chi connectivity index (χ0v) is 17.6. The van der Waals surface area contributed by atoms with Crippen molar-refractivity contribution >= 4 is 12.0 Å². The summed E-state index contributed by atoms with van der Waals surface area (Å²) < 4.78 is 46.8. The number of carbonyl (C=O) groups excluding carboxylic acids is 1. The van der Waals surface area contributed by atoms with E-state index in [1.54, 1.807) is 75.4 Å². The fourth-order valence-electron chi connectivity index (χ4n) is 2.28. The normalized spacial score (nSPS) is 11.9. The molecule has 0 saturated heterocycles. The van der Waals surface area contributed by atoms with Gasteiger partial charge in [0.2, 0.25) is 0 Å². The van der Waals surface area contributed by atoms with Crippen molar-refractivity contribution in [3.05, 3.63) is 60.2 Å². The van der Waals surface area contributed by atoms with Crippen LogP contribution in [-0.2, 0) is 9.53 Å². The number of halogens is 3. The summed E-state index contributed by atoms with van der Waals surface area (Å²) in [5.41, 5.74) is 0.235. The Morgan fingerprint density at radius 1 is 0.871 bits per heavy atom. The van der Waals surface area contributed by atoms with E-state index < -0.39 is 24.2 Å². The second-order valence-electron chi connectivity index (χ2n) is 7.64. The molecule has 0 heterocycles. The van der Waals surface area contributed by atoms with E-state index in [0.717, 1.165) is 5.56 Å². The first kappa shape index (κ1) is 24.1. The van der Waals surface area contributed by atoms with E-state index in [4.69, 9.17) is 19.2 Å². The summed E-state index contributed by atoms with van der Waals surface area (Å²) in [5, 5.41) is 0. The molecule has 0 aliphatic heterocycles. The van der Waals surface area contributed by atoms with Crippen LogP contribution in [0.1, 0.15) is 39.2 Å². The second kappa shape index (κ2) is 10.7. The van der Waals surface area contributed by atoms with Gasteiger partial charge >= 0.3 is 12.1 Å². The van der Waals surface area contributed by atoms with Gasteiger partial charge in [0.1, 0.15) is 11.4 Å². The van der Waals surface area contributed by atoms with Crippen LogP contribution in [0.5, 0.6) is 17.2 Å². The van der Waals surface area contributed by atoms with E-state index in [9.17, 15) is 18.0 Å². The van der Waals surface area contributed by atoms with Crippen molar-refractivity contribution in [2.45, 2.75) is 45.4 Å². The third kappa shape index (κ3) is 10.4. The van der Waals surface area contributed by atoms with Gasteiger partial charge in [-0.05, 0) is 75.2 Å². The van der Waals surface area contributed by atoms with Gasteiger partial charge < -0.3 is 9.47 Å². The van der Waals surface area contributed by atoms with E-state index in [0.29, 0.717) is 17.2 Å². The monoisotopic (exact) mass is 438 g/mol. The number of ether oxygens (including phenoxy) is 2. The zero-order chi connectivity index (χ0) is 22.9. The lowest BCUT2D eigenvalue weighted by molar-refractivity contribution is -0.148. The summed E-state index contributed by atoms with van der Waals surface area (Å²) in [7, 11) is 0. The van der Waals surface area contributed by atoms with Crippen LogP contribution in [0.3, 0.4) is 0 Å². The Labute approximate surface area is 179 Å². The Morgan fingerprint density at radius 2 is 1.39 bits per heavy atom. The first-order chi connectivity index (χ1) is 14.5. The maximum Gasteiger partial charge on any atom is 0.389 e. The van der Waals surface area contributed by atoms with Crippen molar-refractivity contribution < 1.29 is 37.2 Å². The molecule has 2 aromatic rings. The fraction of sp³-hybridized carbons (Fsp3) is 0.348. The molecule has 8 heteroatoms. The third-order valence-corrected chi connectivity index (χ3v) is 3.63. The molecule has 0 fully saturated rings. The molecular weight excluding hydrogens is 413 g/mol. The van der Waals surface area contributed by atoms with E-state index in [2.05, 4.69) is 0 Å². The standard InChI is InChI=1S/C23H25F3O5/c1-22(2,3)29-21(27)14-7-17-5-8-19(9-6-17)30-31-20-12-10-18(11-13-20)28-16-4-15-23(24,25)26/h5-14H,4,15-16H2,1-3H3/b14-7+. The summed E-state index contributed by atoms with van der Waals surface area (Å²) >= 11 is 0. The van der Waals surface area contributed by atoms with E-state index >= 15 is 0 Å². The lowest BCUT2D eigenvalue weighted by Crippen LogP contribution is -2.22. The molecule has 168 valence electrons. The number of hydrogen-bond acceptors (Lipinski definition) is 5. The topological polar surface area (TPSA) is 54.0 Å². The molecule has 2 rings (SSSR count). The van der Waals surface area contributed by atoms with Gasteiger partial charge in [0, 0.05) is 12.5 Å². The lowest BCUT2D eigenvalue weighted by Gasteiger charge is -2.17. The molecule has 0 aromatic heterocycles. The van der Waals surface area contributed by atoms with Crippen LogP contribution in [0.25, 0.3) is 6.08 Å². The van der Waals surface area contributed by atoms with E-state index in [1.165, 1.54) is 6.08 Å². The van der Waals surface area contributed by atoms with Crippen molar-refractivity contribution in [1.29, 1.82) is 0 Å². The van der Waals surface area contributed by atoms with Crippen LogP contribution in [0.2, 0.25) is 0 Å². The number of carbonyl (C=O) groups is 1. The van der Waals surface area contributed by atoms with Crippen molar-refractivity contribution in [2.75, 3.05) is 6.61 Å². The Kier molecular flexibility index (Phi) is 8.36. The third-order valence-electron chi connectivity index (χ3n) is 3.63. The Balaban J connectivity index is 1.77. The SMILES string of the molecule is CC(C)(C)OC(=O)/C=C/c1ccc(OOc2ccc(OCCCC(F)(F)F)cc2)cc1. The van der Waals surface area contributed by atoms with Gasteiger partial charge in [0.05, 0.1) is 6.61 Å². The van der Waals surface area contributed by atoms with Crippen LogP contribution in [0.4, 0.5) is 13.2 Å². The highest BCUT2D eigenvalue weighted by Crippen LogP contribution is 2.23. The first-order valence-corrected chi connectivity index (χ1v) is 9.65. The van der Waals surface area contributed by atoms with Crippen molar-refractivity contribution in [3.8, 4) is 17.2 Å². The first-order valence-electron chi connectivity index (χ1n) is 9.65. The molecule has 0 amide bonds. The Bertz CT molecular complexity index is 851. The van der Waals surface area contributed by atoms with Gasteiger partial charge in [-0.2, -0.15) is 13.2 Å². The predicted octanol–water partition coefficient (Wildman–Crippen LogP) is 6.14. The fourth-order valence-corrected chi connectivity index (χ4v) is 2.28. The number of alkyl halides is 3. The highest BCUT2D eigenvalue weighted by molar-refractivity contribution is 5.87. The number of rotatable bonds is 9. The Hall–Kier alpha value is -3.16. The van der Waals surface area contributed by atoms with Crippen LogP contribution >= 0.6 is 0 Å². The smallest absolute Gasteiger partial charge is 0.389 e. The van der Waals surface area contributed by atoms with Gasteiger partial charge in [-0.25, -0.2) is 4.79 Å². The number of benzene rings is 2. The van der Waals surface area contributed by atoms with Crippen molar-refractivity contribution in [2.24, 2.45) is 0 Å². The zero-order valence-electron chi connectivity index (χ0n) is 17.6. The summed E-state index contributed by atoms with van der Waals surface area (Å²) in [4.78, 5) is 22.1. The molecule has 5 nitrogen and oxygen atoms in total. The molecule has 0 aliphatic carbocycles. The molecule has 0 N–H and O–H groups in total. The molecule has 0 radical (unpaired) electrons. The average Bonchev–Trinajstić information content (AvgIpc) is 2.68. The minimum atomic E-state index is -4.18. The van der Waals surface area contributed by atoms with Gasteiger partial charge in [0.15, 0.2) is 11.5 Å². The van der Waals surface area contributed by atoms with Crippen molar-refractivity contribution in [1.82, 2.24) is 0 Å². The summed E-state index contributed by atoms with van der Waals surface area (Å²) in [6, 6.07) is 13.2. The van der Waals surface area contributed by atoms with E-state index in [1.807, 2.05) is 0 Å². The second-order valence-corrected chi connectivity index (χ2v) is 7.64. The maximum atomic E-state index is 12.1. The number of esters is 1. The molecule has 0 unspecified atom stereocenters. The molecule has 0 atom stereocenters. The molecule has 31 heavy (non-hydrogen) atoms. The van der Waals surface area contributed by atoms with Crippen molar-refractivity contribution in [3.63, 3.8) is 0 Å². The molecule has 0 bridgehead atoms. The average molecular weight is 438 g/mol. The quantitative estimate of drug-likeness (QED) is 0.155. The molecule has 0 saturated carbocycles. The molecule has 0 spiro atoms. The van der Waals surface area contributed by atoms with Crippen LogP contribution in [0, 0.1) is 0 Å². The highest BCUT2D eigenvalue weighted by atomic mass is 19.4. The van der Waals surface area contributed by atoms with Crippen LogP contribution in [-0.4, -0.2) is 24.4 Å². The lowest BCUT2D eigenvalue weighted by atomic mass is 10.2. The summed E-state index contributed by atoms with van der Waals surface area (Å²) in [5.74, 6) is 0.859. The van der Waals surface area contributed by atoms with Crippen LogP contribution in [0.15, 0.2) is 54.6 Å².